The van der Waals surface area contributed by atoms with Crippen molar-refractivity contribution in [3.05, 3.63) is 102 Å². The molecule has 0 aliphatic heterocycles. The lowest BCUT2D eigenvalue weighted by Gasteiger charge is -2.06. The van der Waals surface area contributed by atoms with Gasteiger partial charge in [0, 0.05) is 23.0 Å². The van der Waals surface area contributed by atoms with Crippen molar-refractivity contribution < 1.29 is 9.53 Å². The number of nitrogens with one attached hydrogen (secondary N) is 1. The number of hydrogen-bond acceptors (Lipinski definition) is 4. The van der Waals surface area contributed by atoms with Crippen LogP contribution >= 0.6 is 0 Å². The lowest BCUT2D eigenvalue weighted by atomic mass is 10.1. The molecule has 4 aromatic rings. The Bertz CT molecular complexity index is 1360. The van der Waals surface area contributed by atoms with E-state index in [9.17, 15) is 10.1 Å². The summed E-state index contributed by atoms with van der Waals surface area (Å²) in [5, 5.41) is 17.3. The fourth-order valence-electron chi connectivity index (χ4n) is 3.50. The standard InChI is InChI=1S/C29H26N4O2/c1-3-17-35-27-15-11-22(12-16-27)28-24(20-33(32-28)26-7-5-4-6-8-26)18-23(19-30)29(34)31-25-13-9-21(2)10-14-25/h4-16,18,20H,3,17H2,1-2H3,(H,31,34). The molecule has 6 nitrogen and oxygen atoms in total. The SMILES string of the molecule is CCCOc1ccc(-c2nn(-c3ccccc3)cc2C=C(C#N)C(=O)Nc2ccc(C)cc2)cc1. The van der Waals surface area contributed by atoms with Crippen molar-refractivity contribution in [1.29, 1.82) is 5.26 Å². The Kier molecular flexibility index (Phi) is 7.39. The molecule has 0 aliphatic carbocycles. The van der Waals surface area contributed by atoms with Crippen LogP contribution < -0.4 is 10.1 Å². The number of aryl methyl sites for hydroxylation is 1. The van der Waals surface area contributed by atoms with E-state index >= 15 is 0 Å². The number of benzene rings is 3. The van der Waals surface area contributed by atoms with E-state index in [1.807, 2.05) is 98.1 Å². The van der Waals surface area contributed by atoms with Crippen molar-refractivity contribution in [2.45, 2.75) is 20.3 Å². The maximum absolute atomic E-state index is 12.9. The molecule has 0 spiro atoms. The first-order valence-electron chi connectivity index (χ1n) is 11.5. The van der Waals surface area contributed by atoms with Gasteiger partial charge in [-0.25, -0.2) is 4.68 Å². The van der Waals surface area contributed by atoms with Crippen LogP contribution in [0.1, 0.15) is 24.5 Å². The number of carbonyl (C=O) groups is 1. The molecule has 1 aromatic heterocycles. The number of hydrogen-bond donors (Lipinski definition) is 1. The van der Waals surface area contributed by atoms with Crippen LogP contribution in [0.15, 0.2) is 90.6 Å². The highest BCUT2D eigenvalue weighted by atomic mass is 16.5. The zero-order valence-corrected chi connectivity index (χ0v) is 19.7. The van der Waals surface area contributed by atoms with Gasteiger partial charge >= 0.3 is 0 Å². The van der Waals surface area contributed by atoms with Crippen LogP contribution in [-0.2, 0) is 4.79 Å². The Hall–Kier alpha value is -4.63. The monoisotopic (exact) mass is 462 g/mol. The van der Waals surface area contributed by atoms with E-state index in [-0.39, 0.29) is 5.57 Å². The first-order chi connectivity index (χ1) is 17.1. The highest BCUT2D eigenvalue weighted by molar-refractivity contribution is 6.10. The maximum atomic E-state index is 12.9. The predicted octanol–water partition coefficient (Wildman–Crippen LogP) is 6.18. The summed E-state index contributed by atoms with van der Waals surface area (Å²) in [6, 6.07) is 26.8. The minimum atomic E-state index is -0.474. The third-order valence-corrected chi connectivity index (χ3v) is 5.34. The van der Waals surface area contributed by atoms with E-state index in [0.717, 1.165) is 29.0 Å². The molecule has 174 valence electrons. The molecule has 1 N–H and O–H groups in total. The van der Waals surface area contributed by atoms with Gasteiger partial charge in [-0.2, -0.15) is 10.4 Å². The highest BCUT2D eigenvalue weighted by Crippen LogP contribution is 2.28. The summed E-state index contributed by atoms with van der Waals surface area (Å²) in [6.07, 6.45) is 4.33. The van der Waals surface area contributed by atoms with Gasteiger partial charge in [-0.3, -0.25) is 4.79 Å². The minimum absolute atomic E-state index is 0.0117. The molecule has 6 heteroatoms. The molecule has 1 heterocycles. The fraction of sp³-hybridized carbons (Fsp3) is 0.138. The van der Waals surface area contributed by atoms with Crippen LogP contribution in [0.3, 0.4) is 0 Å². The van der Waals surface area contributed by atoms with Crippen LogP contribution in [0.5, 0.6) is 5.75 Å². The second kappa shape index (κ2) is 11.0. The molecule has 35 heavy (non-hydrogen) atoms. The van der Waals surface area contributed by atoms with Crippen LogP contribution in [0, 0.1) is 18.3 Å². The summed E-state index contributed by atoms with van der Waals surface area (Å²) < 4.78 is 7.44. The van der Waals surface area contributed by atoms with Gasteiger partial charge in [0.05, 0.1) is 18.0 Å². The zero-order chi connectivity index (χ0) is 24.6. The number of para-hydroxylation sites is 1. The summed E-state index contributed by atoms with van der Waals surface area (Å²) in [5.41, 5.74) is 4.75. The van der Waals surface area contributed by atoms with Crippen LogP contribution in [0.25, 0.3) is 23.0 Å². The quantitative estimate of drug-likeness (QED) is 0.250. The molecule has 0 aliphatic rings. The second-order valence-corrected chi connectivity index (χ2v) is 8.08. The Morgan fingerprint density at radius 3 is 2.43 bits per heavy atom. The highest BCUT2D eigenvalue weighted by Gasteiger charge is 2.15. The van der Waals surface area contributed by atoms with E-state index in [2.05, 4.69) is 12.2 Å². The van der Waals surface area contributed by atoms with E-state index < -0.39 is 5.91 Å². The largest absolute Gasteiger partial charge is 0.494 e. The minimum Gasteiger partial charge on any atom is -0.494 e. The number of aromatic nitrogens is 2. The lowest BCUT2D eigenvalue weighted by Crippen LogP contribution is -2.13. The molecule has 3 aromatic carbocycles. The van der Waals surface area contributed by atoms with Crippen molar-refractivity contribution >= 4 is 17.7 Å². The summed E-state index contributed by atoms with van der Waals surface area (Å²) in [4.78, 5) is 12.9. The molecule has 4 rings (SSSR count). The molecule has 0 fully saturated rings. The second-order valence-electron chi connectivity index (χ2n) is 8.08. The topological polar surface area (TPSA) is 79.9 Å². The Morgan fingerprint density at radius 2 is 1.77 bits per heavy atom. The molecule has 0 unspecified atom stereocenters. The van der Waals surface area contributed by atoms with Crippen LogP contribution in [-0.4, -0.2) is 22.3 Å². The van der Waals surface area contributed by atoms with Gasteiger partial charge in [0.1, 0.15) is 17.4 Å². The number of amides is 1. The number of ether oxygens (including phenoxy) is 1. The normalized spacial score (nSPS) is 11.1. The molecular weight excluding hydrogens is 436 g/mol. The van der Waals surface area contributed by atoms with Gasteiger partial charge in [0.2, 0.25) is 0 Å². The Morgan fingerprint density at radius 1 is 1.06 bits per heavy atom. The van der Waals surface area contributed by atoms with E-state index in [1.54, 1.807) is 10.8 Å². The zero-order valence-electron chi connectivity index (χ0n) is 19.7. The number of nitriles is 1. The van der Waals surface area contributed by atoms with E-state index in [4.69, 9.17) is 9.84 Å². The summed E-state index contributed by atoms with van der Waals surface area (Å²) in [6.45, 7) is 4.68. The molecule has 1 amide bonds. The van der Waals surface area contributed by atoms with Gasteiger partial charge in [0.15, 0.2) is 0 Å². The van der Waals surface area contributed by atoms with Gasteiger partial charge in [-0.05, 0) is 68.0 Å². The van der Waals surface area contributed by atoms with Crippen LogP contribution in [0.2, 0.25) is 0 Å². The molecule has 0 saturated carbocycles. The Labute approximate surface area is 205 Å². The molecule has 0 radical (unpaired) electrons. The molecule has 0 bridgehead atoms. The smallest absolute Gasteiger partial charge is 0.266 e. The van der Waals surface area contributed by atoms with Gasteiger partial charge in [0.25, 0.3) is 5.91 Å². The lowest BCUT2D eigenvalue weighted by molar-refractivity contribution is -0.112. The third-order valence-electron chi connectivity index (χ3n) is 5.34. The van der Waals surface area contributed by atoms with Crippen molar-refractivity contribution in [3.63, 3.8) is 0 Å². The number of rotatable bonds is 8. The van der Waals surface area contributed by atoms with Gasteiger partial charge in [-0.1, -0.05) is 42.8 Å². The predicted molar refractivity (Wildman–Crippen MR) is 138 cm³/mol. The number of nitrogens with zero attached hydrogens (tertiary/aromatic N) is 3. The molecule has 0 saturated heterocycles. The van der Waals surface area contributed by atoms with Gasteiger partial charge in [-0.15, -0.1) is 0 Å². The van der Waals surface area contributed by atoms with Crippen molar-refractivity contribution in [3.8, 4) is 28.8 Å². The number of carbonyl (C=O) groups excluding carboxylic acids is 1. The Balaban J connectivity index is 1.70. The number of anilines is 1. The average Bonchev–Trinajstić information content (AvgIpc) is 3.32. The van der Waals surface area contributed by atoms with E-state index in [1.165, 1.54) is 0 Å². The van der Waals surface area contributed by atoms with Crippen molar-refractivity contribution in [2.24, 2.45) is 0 Å². The van der Waals surface area contributed by atoms with Gasteiger partial charge < -0.3 is 10.1 Å². The van der Waals surface area contributed by atoms with E-state index in [0.29, 0.717) is 23.6 Å². The van der Waals surface area contributed by atoms with Crippen molar-refractivity contribution in [2.75, 3.05) is 11.9 Å². The molecule has 0 atom stereocenters. The fourth-order valence-corrected chi connectivity index (χ4v) is 3.50. The molecular formula is C29H26N4O2. The first-order valence-corrected chi connectivity index (χ1v) is 11.5. The van der Waals surface area contributed by atoms with Crippen LogP contribution in [0.4, 0.5) is 5.69 Å². The summed E-state index contributed by atoms with van der Waals surface area (Å²) in [7, 11) is 0. The third kappa shape index (κ3) is 5.84. The van der Waals surface area contributed by atoms with Crippen molar-refractivity contribution in [1.82, 2.24) is 9.78 Å². The summed E-state index contributed by atoms with van der Waals surface area (Å²) in [5.74, 6) is 0.309. The first kappa shape index (κ1) is 23.5. The maximum Gasteiger partial charge on any atom is 0.266 e. The average molecular weight is 463 g/mol. The summed E-state index contributed by atoms with van der Waals surface area (Å²) >= 11 is 0.